The van der Waals surface area contributed by atoms with Gasteiger partial charge in [0.1, 0.15) is 79.5 Å². The van der Waals surface area contributed by atoms with Crippen molar-refractivity contribution in [2.24, 2.45) is 11.8 Å². The number of nitrogens with zero attached hydrogens (tertiary/aromatic N) is 14. The maximum Gasteiger partial charge on any atom is 0.489 e. The Morgan fingerprint density at radius 2 is 1.12 bits per heavy atom. The second-order valence-corrected chi connectivity index (χ2v) is 22.6. The van der Waals surface area contributed by atoms with E-state index in [1.54, 1.807) is 59.4 Å². The van der Waals surface area contributed by atoms with Gasteiger partial charge in [0.15, 0.2) is 10.3 Å². The number of esters is 1. The highest BCUT2D eigenvalue weighted by Gasteiger charge is 2.35. The molecule has 2 aromatic carbocycles. The molecule has 0 aliphatic carbocycles. The SMILES string of the molecule is CCc1nc2ccc(-c3ccc(N4CC(C(=O)O)C4)nc3)cn2c1N(C)c1nc(-c2ccc(F)cc2)c(C#N)s1.CCc1nc2ccc(B(O)O)cn2c1N(C)c1nc(-c2ccc(F)cc2)c(C#N)s1.COC(=O)C1CN(c2ccc(Br)cn2)C1. The highest BCUT2D eigenvalue weighted by atomic mass is 79.9. The molecule has 2 saturated heterocycles. The van der Waals surface area contributed by atoms with Crippen molar-refractivity contribution in [2.45, 2.75) is 26.7 Å². The third-order valence-electron chi connectivity index (χ3n) is 14.3. The van der Waals surface area contributed by atoms with Gasteiger partial charge < -0.3 is 39.5 Å². The maximum absolute atomic E-state index is 13.5. The van der Waals surface area contributed by atoms with Crippen LogP contribution < -0.4 is 25.1 Å². The number of nitriles is 2. The number of hydrogen-bond donors (Lipinski definition) is 3. The van der Waals surface area contributed by atoms with Crippen LogP contribution >= 0.6 is 38.6 Å². The first kappa shape index (κ1) is 59.0. The molecule has 85 heavy (non-hydrogen) atoms. The molecule has 430 valence electrons. The highest BCUT2D eigenvalue weighted by molar-refractivity contribution is 9.10. The first-order valence-electron chi connectivity index (χ1n) is 26.6. The van der Waals surface area contributed by atoms with Gasteiger partial charge in [-0.05, 0) is 125 Å². The van der Waals surface area contributed by atoms with Crippen molar-refractivity contribution in [1.82, 2.24) is 38.7 Å². The number of methoxy groups -OCH3 is 1. The standard InChI is InChI=1S/C29H24FN7O2S.C20H17BFN5O2S.C10H11BrN2O2/c1-3-22-27(35(2)29-34-26(23(12-31)40-29)17-4-8-21(30)9-5-17)37-16-19(7-11-25(37)33-22)18-6-10-24(32-13-18)36-14-20(15-36)28(38)39;1-3-15-19(27-11-13(21(28)29)6-9-17(27)24-15)26(2)20-25-18(16(10-23)30-20)12-4-7-14(22)8-5-12;1-15-10(14)7-5-13(6-7)9-3-2-8(11)4-12-9/h4-11,13,16,20H,3,14-15H2,1-2H3,(H,38,39);4-9,11,28-29H,3H2,1-2H3;2-4,7H,5-6H2,1H3. The fourth-order valence-corrected chi connectivity index (χ4v) is 11.6. The van der Waals surface area contributed by atoms with Crippen molar-refractivity contribution >= 4 is 108 Å². The Labute approximate surface area is 503 Å². The Bertz CT molecular complexity index is 4160. The van der Waals surface area contributed by atoms with Crippen molar-refractivity contribution in [3.05, 3.63) is 159 Å². The number of imidazole rings is 2. The smallest absolute Gasteiger partial charge is 0.481 e. The molecule has 0 bridgehead atoms. The van der Waals surface area contributed by atoms with Crippen molar-refractivity contribution in [1.29, 1.82) is 10.5 Å². The summed E-state index contributed by atoms with van der Waals surface area (Å²) in [4.78, 5) is 58.6. The van der Waals surface area contributed by atoms with Gasteiger partial charge in [0.25, 0.3) is 0 Å². The van der Waals surface area contributed by atoms with E-state index >= 15 is 0 Å². The molecule has 20 nitrogen and oxygen atoms in total. The van der Waals surface area contributed by atoms with Gasteiger partial charge in [0, 0.05) is 91.8 Å². The van der Waals surface area contributed by atoms with Crippen molar-refractivity contribution < 1.29 is 38.3 Å². The summed E-state index contributed by atoms with van der Waals surface area (Å²) < 4.78 is 36.2. The number of carbonyl (C=O) groups excluding carboxylic acids is 1. The molecular weight excluding hydrogens is 1190 g/mol. The van der Waals surface area contributed by atoms with Crippen molar-refractivity contribution in [3.63, 3.8) is 0 Å². The normalized spacial score (nSPS) is 12.9. The summed E-state index contributed by atoms with van der Waals surface area (Å²) in [5, 5.41) is 48.8. The molecule has 0 atom stereocenters. The number of pyridine rings is 4. The van der Waals surface area contributed by atoms with E-state index in [4.69, 9.17) is 15.1 Å². The molecule has 0 amide bonds. The van der Waals surface area contributed by atoms with Gasteiger partial charge in [-0.1, -0.05) is 42.6 Å². The van der Waals surface area contributed by atoms with E-state index in [0.717, 1.165) is 55.9 Å². The number of ether oxygens (including phenoxy) is 1. The molecule has 26 heteroatoms. The van der Waals surface area contributed by atoms with Crippen LogP contribution in [0, 0.1) is 46.1 Å². The van der Waals surface area contributed by atoms with Gasteiger partial charge in [-0.2, -0.15) is 10.5 Å². The van der Waals surface area contributed by atoms with Crippen LogP contribution in [0.4, 0.5) is 42.3 Å². The quantitative estimate of drug-likeness (QED) is 0.0677. The topological polar surface area (TPSA) is 251 Å². The van der Waals surface area contributed by atoms with Gasteiger partial charge in [0.05, 0.1) is 30.3 Å². The van der Waals surface area contributed by atoms with Crippen LogP contribution in [0.25, 0.3) is 44.9 Å². The van der Waals surface area contributed by atoms with Crippen LogP contribution in [0.15, 0.2) is 126 Å². The summed E-state index contributed by atoms with van der Waals surface area (Å²) in [5.41, 5.74) is 7.67. The van der Waals surface area contributed by atoms with Crippen LogP contribution in [-0.4, -0.2) is 120 Å². The molecule has 2 fully saturated rings. The second kappa shape index (κ2) is 25.4. The molecule has 2 aliphatic heterocycles. The molecule has 0 spiro atoms. The first-order valence-corrected chi connectivity index (χ1v) is 29.0. The number of carbonyl (C=O) groups is 2. The number of anilines is 6. The zero-order valence-electron chi connectivity index (χ0n) is 46.3. The first-order chi connectivity index (χ1) is 41.0. The van der Waals surface area contributed by atoms with Crippen LogP contribution in [0.3, 0.4) is 0 Å². The number of aliphatic carboxylic acids is 1. The fourth-order valence-electron chi connectivity index (χ4n) is 9.63. The molecule has 0 unspecified atom stereocenters. The summed E-state index contributed by atoms with van der Waals surface area (Å²) in [6.07, 6.45) is 8.52. The summed E-state index contributed by atoms with van der Waals surface area (Å²) >= 11 is 5.82. The Kier molecular flexibility index (Phi) is 17.6. The number of thiazole rings is 2. The minimum absolute atomic E-state index is 0.000414. The fraction of sp³-hybridized carbons (Fsp3) is 0.220. The molecule has 10 aromatic rings. The minimum Gasteiger partial charge on any atom is -0.481 e. The monoisotopic (exact) mass is 1240 g/mol. The predicted molar refractivity (Wildman–Crippen MR) is 326 cm³/mol. The zero-order valence-corrected chi connectivity index (χ0v) is 49.5. The Hall–Kier alpha value is -9.18. The largest absolute Gasteiger partial charge is 0.489 e. The lowest BCUT2D eigenvalue weighted by molar-refractivity contribution is -0.146. The number of hydrogen-bond acceptors (Lipinski definition) is 19. The number of halogens is 3. The number of aryl methyl sites for hydroxylation is 2. The van der Waals surface area contributed by atoms with E-state index in [0.29, 0.717) is 92.7 Å². The number of carboxylic acids is 1. The van der Waals surface area contributed by atoms with E-state index in [1.807, 2.05) is 94.5 Å². The Morgan fingerprint density at radius 3 is 1.55 bits per heavy atom. The zero-order chi connectivity index (χ0) is 60.2. The van der Waals surface area contributed by atoms with E-state index in [1.165, 1.54) is 54.0 Å². The predicted octanol–water partition coefficient (Wildman–Crippen LogP) is 9.31. The van der Waals surface area contributed by atoms with E-state index < -0.39 is 13.1 Å². The van der Waals surface area contributed by atoms with Gasteiger partial charge in [-0.3, -0.25) is 18.4 Å². The number of rotatable bonds is 14. The van der Waals surface area contributed by atoms with Crippen LogP contribution in [0.1, 0.15) is 35.0 Å². The molecule has 2 aliphatic rings. The van der Waals surface area contributed by atoms with Crippen LogP contribution in [0.2, 0.25) is 0 Å². The van der Waals surface area contributed by atoms with E-state index in [-0.39, 0.29) is 29.4 Å². The molecule has 0 saturated carbocycles. The molecule has 3 N–H and O–H groups in total. The minimum atomic E-state index is -1.60. The molecule has 8 aromatic heterocycles. The lowest BCUT2D eigenvalue weighted by Crippen LogP contribution is -2.51. The average molecular weight is 1250 g/mol. The number of fused-ring (bicyclic) bond motifs is 2. The third-order valence-corrected chi connectivity index (χ3v) is 16.8. The Morgan fingerprint density at radius 1 is 0.659 bits per heavy atom. The molecular formula is C59H52BBrF2N14O6S2. The highest BCUT2D eigenvalue weighted by Crippen LogP contribution is 2.39. The van der Waals surface area contributed by atoms with E-state index in [2.05, 4.69) is 52.7 Å². The van der Waals surface area contributed by atoms with Gasteiger partial charge in [-0.25, -0.2) is 38.7 Å². The summed E-state index contributed by atoms with van der Waals surface area (Å²) in [6, 6.07) is 31.3. The van der Waals surface area contributed by atoms with Gasteiger partial charge in [-0.15, -0.1) is 0 Å². The average Bonchev–Trinajstić information content (AvgIpc) is 2.50. The third kappa shape index (κ3) is 12.4. The number of benzene rings is 2. The van der Waals surface area contributed by atoms with Crippen molar-refractivity contribution in [3.8, 4) is 45.8 Å². The molecule has 12 rings (SSSR count). The number of aromatic nitrogens is 8. The lowest BCUT2D eigenvalue weighted by atomic mass is 9.82. The molecule has 0 radical (unpaired) electrons. The van der Waals surface area contributed by atoms with Crippen LogP contribution in [0.5, 0.6) is 0 Å². The van der Waals surface area contributed by atoms with Gasteiger partial charge >= 0.3 is 19.1 Å². The van der Waals surface area contributed by atoms with Crippen molar-refractivity contribution in [2.75, 3.05) is 67.0 Å². The summed E-state index contributed by atoms with van der Waals surface area (Å²) in [5.74, 6) is 1.26. The maximum atomic E-state index is 13.5. The van der Waals surface area contributed by atoms with Gasteiger partial charge in [0.2, 0.25) is 0 Å². The second-order valence-electron chi connectivity index (χ2n) is 19.7. The lowest BCUT2D eigenvalue weighted by Gasteiger charge is -2.38. The Balaban J connectivity index is 0.000000156. The summed E-state index contributed by atoms with van der Waals surface area (Å²) in [7, 11) is 3.54. The molecule has 10 heterocycles. The summed E-state index contributed by atoms with van der Waals surface area (Å²) in [6.45, 7) is 6.34. The van der Waals surface area contributed by atoms with Crippen LogP contribution in [-0.2, 0) is 27.2 Å². The number of carboxylic acid groups (broad SMARTS) is 1. The van der Waals surface area contributed by atoms with E-state index in [9.17, 15) is 38.9 Å².